The number of aliphatic hydroxyl groups excluding tert-OH is 2. The van der Waals surface area contributed by atoms with E-state index < -0.39 is 6.10 Å². The Balaban J connectivity index is 2.95. The summed E-state index contributed by atoms with van der Waals surface area (Å²) in [6.07, 6.45) is -0.907. The number of anilines is 1. The summed E-state index contributed by atoms with van der Waals surface area (Å²) in [6, 6.07) is 3.27. The number of hydrogen-bond donors (Lipinski definition) is 4. The molecule has 0 aliphatic rings. The minimum Gasteiger partial charge on any atom is -0.505 e. The van der Waals surface area contributed by atoms with Crippen LogP contribution in [0.4, 0.5) is 5.69 Å². The molecule has 5 heteroatoms. The first-order valence-electron chi connectivity index (χ1n) is 5.33. The van der Waals surface area contributed by atoms with E-state index in [0.717, 1.165) is 5.56 Å². The predicted molar refractivity (Wildman–Crippen MR) is 64.4 cm³/mol. The van der Waals surface area contributed by atoms with Crippen molar-refractivity contribution in [2.45, 2.75) is 20.0 Å². The van der Waals surface area contributed by atoms with Gasteiger partial charge in [-0.15, -0.1) is 0 Å². The lowest BCUT2D eigenvalue weighted by Crippen LogP contribution is -2.23. The lowest BCUT2D eigenvalue weighted by Gasteiger charge is -2.14. The Hall–Kier alpha value is -1.59. The van der Waals surface area contributed by atoms with Gasteiger partial charge in [0, 0.05) is 6.54 Å². The van der Waals surface area contributed by atoms with Crippen molar-refractivity contribution in [3.05, 3.63) is 23.3 Å². The van der Waals surface area contributed by atoms with Gasteiger partial charge in [0.25, 0.3) is 0 Å². The summed E-state index contributed by atoms with van der Waals surface area (Å²) in [5.74, 6) is -0.356. The molecule has 1 unspecified atom stereocenters. The van der Waals surface area contributed by atoms with Crippen LogP contribution in [0.2, 0.25) is 0 Å². The predicted octanol–water partition coefficient (Wildman–Crippen LogP) is 0.668. The molecule has 0 heterocycles. The van der Waals surface area contributed by atoms with Gasteiger partial charge in [-0.3, -0.25) is 4.79 Å². The number of ketones is 1. The minimum absolute atomic E-state index is 0.102. The number of Topliss-reactive ketones (excluding diaryl/α,β-unsaturated/α-hetero) is 1. The summed E-state index contributed by atoms with van der Waals surface area (Å²) < 4.78 is 0. The smallest absolute Gasteiger partial charge is 0.163 e. The third-order valence-corrected chi connectivity index (χ3v) is 2.37. The van der Waals surface area contributed by atoms with Crippen molar-refractivity contribution in [3.8, 4) is 5.75 Å². The van der Waals surface area contributed by atoms with Gasteiger partial charge in [-0.1, -0.05) is 0 Å². The Kier molecular flexibility index (Phi) is 4.48. The number of carbonyl (C=O) groups excluding carboxylic acids is 1. The molecule has 4 N–H and O–H groups in total. The number of hydrogen-bond acceptors (Lipinski definition) is 5. The highest BCUT2D eigenvalue weighted by Gasteiger charge is 2.12. The van der Waals surface area contributed by atoms with Gasteiger partial charge < -0.3 is 20.6 Å². The first-order chi connectivity index (χ1) is 7.95. The maximum atomic E-state index is 11.3. The Morgan fingerprint density at radius 1 is 1.47 bits per heavy atom. The van der Waals surface area contributed by atoms with Gasteiger partial charge in [0.05, 0.1) is 24.0 Å². The number of carbonyl (C=O) groups is 1. The molecule has 5 nitrogen and oxygen atoms in total. The van der Waals surface area contributed by atoms with E-state index >= 15 is 0 Å². The van der Waals surface area contributed by atoms with Crippen molar-refractivity contribution in [2.75, 3.05) is 18.5 Å². The molecule has 17 heavy (non-hydrogen) atoms. The zero-order valence-electron chi connectivity index (χ0n) is 9.90. The lowest BCUT2D eigenvalue weighted by atomic mass is 10.1. The number of benzene rings is 1. The van der Waals surface area contributed by atoms with Gasteiger partial charge >= 0.3 is 0 Å². The number of phenols is 1. The molecule has 0 spiro atoms. The second-order valence-electron chi connectivity index (χ2n) is 3.98. The van der Waals surface area contributed by atoms with Crippen LogP contribution < -0.4 is 5.32 Å². The van der Waals surface area contributed by atoms with E-state index in [1.165, 1.54) is 6.92 Å². The topological polar surface area (TPSA) is 89.8 Å². The SMILES string of the molecule is CC(=O)c1cc(C)cc(NCC(O)CO)c1O. The molecule has 0 fully saturated rings. The fourth-order valence-electron chi connectivity index (χ4n) is 1.47. The minimum atomic E-state index is -0.907. The zero-order valence-corrected chi connectivity index (χ0v) is 9.90. The van der Waals surface area contributed by atoms with Crippen molar-refractivity contribution in [3.63, 3.8) is 0 Å². The highest BCUT2D eigenvalue weighted by Crippen LogP contribution is 2.29. The third-order valence-electron chi connectivity index (χ3n) is 2.37. The second kappa shape index (κ2) is 5.65. The van der Waals surface area contributed by atoms with Crippen LogP contribution in [0.5, 0.6) is 5.75 Å². The van der Waals surface area contributed by atoms with Crippen molar-refractivity contribution in [2.24, 2.45) is 0 Å². The van der Waals surface area contributed by atoms with Crippen LogP contribution in [0.3, 0.4) is 0 Å². The van der Waals surface area contributed by atoms with Crippen molar-refractivity contribution in [1.82, 2.24) is 0 Å². The molecular weight excluding hydrogens is 222 g/mol. The van der Waals surface area contributed by atoms with Crippen LogP contribution in [0.25, 0.3) is 0 Å². The van der Waals surface area contributed by atoms with Gasteiger partial charge in [0.15, 0.2) is 5.78 Å². The van der Waals surface area contributed by atoms with Gasteiger partial charge in [-0.05, 0) is 31.5 Å². The molecule has 0 aliphatic carbocycles. The zero-order chi connectivity index (χ0) is 13.0. The van der Waals surface area contributed by atoms with Crippen molar-refractivity contribution < 1.29 is 20.1 Å². The number of aromatic hydroxyl groups is 1. The number of aryl methyl sites for hydroxylation is 1. The molecule has 0 saturated heterocycles. The summed E-state index contributed by atoms with van der Waals surface area (Å²) in [5.41, 5.74) is 1.45. The monoisotopic (exact) mass is 239 g/mol. The first kappa shape index (κ1) is 13.5. The molecule has 0 bridgehead atoms. The van der Waals surface area contributed by atoms with Gasteiger partial charge in [-0.25, -0.2) is 0 Å². The Bertz CT molecular complexity index is 417. The number of phenolic OH excluding ortho intramolecular Hbond substituents is 1. The van der Waals surface area contributed by atoms with Crippen LogP contribution in [-0.2, 0) is 0 Å². The molecule has 94 valence electrons. The molecule has 0 aliphatic heterocycles. The largest absolute Gasteiger partial charge is 0.505 e. The summed E-state index contributed by atoms with van der Waals surface area (Å²) in [7, 11) is 0. The maximum absolute atomic E-state index is 11.3. The molecule has 0 amide bonds. The molecule has 0 aromatic heterocycles. The molecule has 1 aromatic carbocycles. The standard InChI is InChI=1S/C12H17NO4/c1-7-3-10(8(2)15)12(17)11(4-7)13-5-9(16)6-14/h3-4,9,13-14,16-17H,5-6H2,1-2H3. The van der Waals surface area contributed by atoms with Crippen molar-refractivity contribution in [1.29, 1.82) is 0 Å². The van der Waals surface area contributed by atoms with E-state index in [1.807, 2.05) is 0 Å². The fraction of sp³-hybridized carbons (Fsp3) is 0.417. The van der Waals surface area contributed by atoms with E-state index in [2.05, 4.69) is 5.32 Å². The Morgan fingerprint density at radius 2 is 2.12 bits per heavy atom. The molecule has 1 aromatic rings. The normalized spacial score (nSPS) is 12.2. The summed E-state index contributed by atoms with van der Waals surface area (Å²) >= 11 is 0. The van der Waals surface area contributed by atoms with Crippen LogP contribution >= 0.6 is 0 Å². The maximum Gasteiger partial charge on any atom is 0.163 e. The lowest BCUT2D eigenvalue weighted by molar-refractivity contribution is 0.101. The highest BCUT2D eigenvalue weighted by molar-refractivity contribution is 5.98. The summed E-state index contributed by atoms with van der Waals surface area (Å²) in [6.45, 7) is 2.92. The quantitative estimate of drug-likeness (QED) is 0.448. The summed E-state index contributed by atoms with van der Waals surface area (Å²) in [5, 5.41) is 30.5. The van der Waals surface area contributed by atoms with Crippen LogP contribution in [-0.4, -0.2) is 40.4 Å². The Morgan fingerprint density at radius 3 is 2.65 bits per heavy atom. The highest BCUT2D eigenvalue weighted by atomic mass is 16.3. The van der Waals surface area contributed by atoms with Gasteiger partial charge in [-0.2, -0.15) is 0 Å². The number of rotatable bonds is 5. The molecular formula is C12H17NO4. The Labute approximate surface area is 99.7 Å². The average molecular weight is 239 g/mol. The van der Waals surface area contributed by atoms with Crippen LogP contribution in [0.1, 0.15) is 22.8 Å². The molecule has 0 saturated carbocycles. The van der Waals surface area contributed by atoms with Crippen LogP contribution in [0, 0.1) is 6.92 Å². The third kappa shape index (κ3) is 3.44. The fourth-order valence-corrected chi connectivity index (χ4v) is 1.47. The number of aliphatic hydroxyl groups is 2. The second-order valence-corrected chi connectivity index (χ2v) is 3.98. The van der Waals surface area contributed by atoms with E-state index in [9.17, 15) is 15.0 Å². The number of nitrogens with one attached hydrogen (secondary N) is 1. The van der Waals surface area contributed by atoms with E-state index in [-0.39, 0.29) is 30.2 Å². The van der Waals surface area contributed by atoms with E-state index in [1.54, 1.807) is 19.1 Å². The van der Waals surface area contributed by atoms with E-state index in [4.69, 9.17) is 5.11 Å². The summed E-state index contributed by atoms with van der Waals surface area (Å²) in [4.78, 5) is 11.3. The van der Waals surface area contributed by atoms with Gasteiger partial charge in [0.2, 0.25) is 0 Å². The average Bonchev–Trinajstić information content (AvgIpc) is 2.28. The first-order valence-corrected chi connectivity index (χ1v) is 5.33. The van der Waals surface area contributed by atoms with E-state index in [0.29, 0.717) is 5.69 Å². The molecule has 0 radical (unpaired) electrons. The van der Waals surface area contributed by atoms with Crippen LogP contribution in [0.15, 0.2) is 12.1 Å². The van der Waals surface area contributed by atoms with Gasteiger partial charge in [0.1, 0.15) is 5.75 Å². The molecule has 1 rings (SSSR count). The molecule has 1 atom stereocenters. The van der Waals surface area contributed by atoms with Crippen molar-refractivity contribution >= 4 is 11.5 Å².